The molecule has 0 unspecified atom stereocenters. The summed E-state index contributed by atoms with van der Waals surface area (Å²) in [7, 11) is -3.65. The van der Waals surface area contributed by atoms with Crippen molar-refractivity contribution in [3.8, 4) is 56.6 Å². The fourth-order valence-electron chi connectivity index (χ4n) is 12.0. The van der Waals surface area contributed by atoms with Crippen LogP contribution in [-0.4, -0.2) is 58.2 Å². The van der Waals surface area contributed by atoms with Gasteiger partial charge in [0.2, 0.25) is 0 Å². The predicted octanol–water partition coefficient (Wildman–Crippen LogP) is 19.6. The van der Waals surface area contributed by atoms with Crippen molar-refractivity contribution in [3.63, 3.8) is 0 Å². The third-order valence-electron chi connectivity index (χ3n) is 17.0. The van der Waals surface area contributed by atoms with E-state index in [4.69, 9.17) is 9.47 Å². The van der Waals surface area contributed by atoms with Crippen molar-refractivity contribution in [2.45, 2.75) is 159 Å². The van der Waals surface area contributed by atoms with E-state index in [0.717, 1.165) is 89.4 Å². The second-order valence-electron chi connectivity index (χ2n) is 29.0. The molecule has 2 heterocycles. The predicted molar refractivity (Wildman–Crippen MR) is 372 cm³/mol. The van der Waals surface area contributed by atoms with Crippen molar-refractivity contribution in [2.75, 3.05) is 13.2 Å². The van der Waals surface area contributed by atoms with Gasteiger partial charge in [0.25, 0.3) is 11.5 Å². The molecule has 0 bridgehead atoms. The summed E-state index contributed by atoms with van der Waals surface area (Å²) >= 11 is 0. The van der Waals surface area contributed by atoms with E-state index < -0.39 is 16.1 Å². The Hall–Kier alpha value is -6.14. The van der Waals surface area contributed by atoms with E-state index >= 15 is 0 Å². The first-order valence-corrected chi connectivity index (χ1v) is 36.7. The van der Waals surface area contributed by atoms with Crippen LogP contribution in [0.4, 0.5) is 0 Å². The van der Waals surface area contributed by atoms with Crippen LogP contribution in [0.15, 0.2) is 121 Å². The number of aliphatic hydroxyl groups is 2. The summed E-state index contributed by atoms with van der Waals surface area (Å²) in [5.74, 6) is 2.32. The molecule has 6 nitrogen and oxygen atoms in total. The topological polar surface area (TPSA) is 75.9 Å². The Kier molecular flexibility index (Phi) is 18.6. The molecule has 0 radical (unpaired) electrons. The van der Waals surface area contributed by atoms with Crippen LogP contribution in [0.5, 0.6) is 23.0 Å². The minimum Gasteiger partial charge on any atom is -0.582 e. The fraction of sp³-hybridized carbons (Fsp3) is 0.342. The zero-order chi connectivity index (χ0) is 59.5. The summed E-state index contributed by atoms with van der Waals surface area (Å²) in [6.45, 7) is 46.6. The summed E-state index contributed by atoms with van der Waals surface area (Å²) in [6, 6.07) is 45.1. The van der Waals surface area contributed by atoms with Gasteiger partial charge >= 0.3 is 0 Å². The number of rotatable bonds is 12. The molecule has 0 fully saturated rings. The minimum absolute atomic E-state index is 0. The van der Waals surface area contributed by atoms with Gasteiger partial charge < -0.3 is 43.7 Å². The fourth-order valence-corrected chi connectivity index (χ4v) is 14.5. The van der Waals surface area contributed by atoms with Crippen LogP contribution in [0.1, 0.15) is 113 Å². The molecule has 446 valence electrons. The van der Waals surface area contributed by atoms with Crippen molar-refractivity contribution < 1.29 is 45.5 Å². The molecule has 85 heavy (non-hydrogen) atoms. The van der Waals surface area contributed by atoms with Gasteiger partial charge in [-0.3, -0.25) is 0 Å². The summed E-state index contributed by atoms with van der Waals surface area (Å²) in [4.78, 5) is 0. The molecule has 0 aliphatic heterocycles. The van der Waals surface area contributed by atoms with Gasteiger partial charge in [0, 0.05) is 69.6 Å². The van der Waals surface area contributed by atoms with Crippen molar-refractivity contribution >= 4 is 70.1 Å². The molecule has 0 aliphatic rings. The zero-order valence-corrected chi connectivity index (χ0v) is 60.9. The second kappa shape index (κ2) is 23.9. The summed E-state index contributed by atoms with van der Waals surface area (Å²) in [6.07, 6.45) is 0.712. The molecular weight excluding hydrogens is 1240 g/mol. The van der Waals surface area contributed by atoms with Crippen molar-refractivity contribution in [2.24, 2.45) is 0 Å². The number of phenols is 2. The van der Waals surface area contributed by atoms with Gasteiger partial charge in [-0.2, -0.15) is 0 Å². The molecular formula is C76H96HfN2O4Si2. The number of aryl methyl sites for hydroxylation is 5. The molecule has 0 saturated carbocycles. The zero-order valence-electron chi connectivity index (χ0n) is 55.4. The Bertz CT molecular complexity index is 4110. The molecule has 0 amide bonds. The Labute approximate surface area is 530 Å². The average Bonchev–Trinajstić information content (AvgIpc) is 1.68. The molecule has 10 aromatic rings. The quantitative estimate of drug-likeness (QED) is 0.0553. The smallest absolute Gasteiger partial charge is 0.265 e. The van der Waals surface area contributed by atoms with Gasteiger partial charge in [-0.05, 0) is 145 Å². The first kappa shape index (κ1) is 66.4. The van der Waals surface area contributed by atoms with E-state index in [2.05, 4.69) is 267 Å². The second-order valence-corrected chi connectivity index (χ2v) is 39.1. The minimum atomic E-state index is -1.83. The SMILES string of the molecule is Cc1cc(-c2cc([Si](C)(C)C)cc(C)c2[OH+]CCC[OH+]c2c(C)cc([Si](C)(C)C)cc2-c2cc(C)cc(-n3c4cc(C(C)(C)C)ccc4c4ccc(C(C)(C)C)cc43)c2O)c(O)c(-n2c3cc(C)ccc3c3ccc(C(C)(C)C)cc32)c1.[CH3-].[CH3-].[Hf]. The number of hydrogen-bond donors (Lipinski definition) is 2. The van der Waals surface area contributed by atoms with Crippen LogP contribution in [0.2, 0.25) is 39.3 Å². The van der Waals surface area contributed by atoms with Gasteiger partial charge in [0.05, 0.1) is 60.7 Å². The molecule has 2 aromatic heterocycles. The molecule has 10 rings (SSSR count). The van der Waals surface area contributed by atoms with E-state index in [-0.39, 0.29) is 68.4 Å². The van der Waals surface area contributed by atoms with Crippen LogP contribution < -0.4 is 10.4 Å². The van der Waals surface area contributed by atoms with Crippen molar-refractivity contribution in [1.29, 1.82) is 0 Å². The van der Waals surface area contributed by atoms with Crippen LogP contribution >= 0.6 is 0 Å². The number of phenolic OH excluding ortho intramolecular Hbond substituents is 2. The molecule has 0 saturated heterocycles. The number of nitrogens with zero attached hydrogens (tertiary/aromatic N) is 2. The molecule has 8 aromatic carbocycles. The molecule has 4 N–H and O–H groups in total. The molecule has 0 atom stereocenters. The van der Waals surface area contributed by atoms with Crippen molar-refractivity contribution in [3.05, 3.63) is 181 Å². The molecule has 0 spiro atoms. The summed E-state index contributed by atoms with van der Waals surface area (Å²) in [5, 5.41) is 33.3. The van der Waals surface area contributed by atoms with Gasteiger partial charge in [0.15, 0.2) is 13.2 Å². The van der Waals surface area contributed by atoms with E-state index in [1.165, 1.54) is 54.2 Å². The third kappa shape index (κ3) is 12.7. The summed E-state index contributed by atoms with van der Waals surface area (Å²) in [5.41, 5.74) is 18.4. The van der Waals surface area contributed by atoms with E-state index in [0.29, 0.717) is 19.6 Å². The first-order chi connectivity index (χ1) is 38.2. The number of hydrogen-bond acceptors (Lipinski definition) is 2. The third-order valence-corrected chi connectivity index (χ3v) is 21.0. The van der Waals surface area contributed by atoms with Crippen LogP contribution in [0.25, 0.3) is 77.2 Å². The number of aromatic hydroxyl groups is 4. The standard InChI is InChI=1S/C74H88N2O4Si2.2CH3.Hf/c1-44-22-26-54-55-27-23-49(72(6,7)8)39-63(55)75(62(54)34-44)66-35-45(2)32-58(68(66)77)60-42-52(81(15,16)17)37-47(4)70(60)79-30-21-31-80-71-48(5)38-53(82(18,19)20)43-61(71)59-33-46(3)36-67(69(59)78)76-64-40-50(73(9,10)11)24-28-56(64)57-29-25-51(41-65(57)76)74(12,13)14;;;/h22-29,32-43,77-78H,21,30-31H2,1-20H3;2*1H3;/q;2*-1;/p+2. The molecule has 0 aliphatic carbocycles. The van der Waals surface area contributed by atoms with Crippen LogP contribution in [-0.2, 0) is 42.1 Å². The van der Waals surface area contributed by atoms with Gasteiger partial charge in [-0.15, -0.1) is 0 Å². The number of ether oxygens (including phenoxy) is 2. The maximum atomic E-state index is 13.0. The van der Waals surface area contributed by atoms with Crippen LogP contribution in [0, 0.1) is 49.5 Å². The Balaban J connectivity index is 0.00000345. The number of aromatic nitrogens is 2. The van der Waals surface area contributed by atoms with Crippen molar-refractivity contribution in [1.82, 2.24) is 9.13 Å². The summed E-state index contributed by atoms with van der Waals surface area (Å²) < 4.78 is 15.5. The van der Waals surface area contributed by atoms with E-state index in [9.17, 15) is 10.2 Å². The average molecular weight is 1340 g/mol. The largest absolute Gasteiger partial charge is 0.582 e. The van der Waals surface area contributed by atoms with Crippen LogP contribution in [0.3, 0.4) is 0 Å². The number of fused-ring (bicyclic) bond motifs is 6. The van der Waals surface area contributed by atoms with Gasteiger partial charge in [0.1, 0.15) is 17.9 Å². The molecule has 9 heteroatoms. The Morgan fingerprint density at radius 1 is 0.388 bits per heavy atom. The first-order valence-electron chi connectivity index (χ1n) is 29.7. The van der Waals surface area contributed by atoms with Gasteiger partial charge in [-0.25, -0.2) is 0 Å². The normalized spacial score (nSPS) is 12.4. The maximum Gasteiger partial charge on any atom is 0.265 e. The van der Waals surface area contributed by atoms with Gasteiger partial charge in [-0.1, -0.05) is 173 Å². The Morgan fingerprint density at radius 3 is 1.02 bits per heavy atom. The monoisotopic (exact) mass is 1340 g/mol. The Morgan fingerprint density at radius 2 is 0.706 bits per heavy atom. The van der Waals surface area contributed by atoms with E-state index in [1.807, 2.05) is 0 Å². The maximum absolute atomic E-state index is 13.0. The van der Waals surface area contributed by atoms with E-state index in [1.54, 1.807) is 0 Å². The number of benzene rings is 8.